The third kappa shape index (κ3) is 4.81. The Hall–Kier alpha value is -0.960. The number of amides is 1. The van der Waals surface area contributed by atoms with E-state index in [9.17, 15) is 13.2 Å². The average Bonchev–Trinajstić information content (AvgIpc) is 2.64. The third-order valence-electron chi connectivity index (χ3n) is 4.78. The van der Waals surface area contributed by atoms with Gasteiger partial charge in [-0.15, -0.1) is 0 Å². The molecule has 1 aromatic carbocycles. The van der Waals surface area contributed by atoms with Crippen molar-refractivity contribution in [2.45, 2.75) is 18.6 Å². The molecule has 6 nitrogen and oxygen atoms in total. The summed E-state index contributed by atoms with van der Waals surface area (Å²) >= 11 is 3.35. The van der Waals surface area contributed by atoms with E-state index in [1.807, 2.05) is 29.2 Å². The molecule has 0 N–H and O–H groups in total. The fourth-order valence-corrected chi connectivity index (χ4v) is 5.13. The van der Waals surface area contributed by atoms with Crippen LogP contribution in [0.4, 0.5) is 0 Å². The van der Waals surface area contributed by atoms with Crippen LogP contribution in [0.25, 0.3) is 0 Å². The molecule has 0 radical (unpaired) electrons. The third-order valence-corrected chi connectivity index (χ3v) is 7.16. The number of nitrogens with zero attached hydrogens (tertiary/aromatic N) is 2. The second-order valence-corrected chi connectivity index (χ2v) is 9.38. The van der Waals surface area contributed by atoms with Crippen molar-refractivity contribution < 1.29 is 17.9 Å². The Morgan fingerprint density at radius 3 is 2.28 bits per heavy atom. The van der Waals surface area contributed by atoms with Gasteiger partial charge in [0.25, 0.3) is 0 Å². The molecule has 2 aliphatic rings. The van der Waals surface area contributed by atoms with Crippen LogP contribution < -0.4 is 0 Å². The number of hydrogen-bond donors (Lipinski definition) is 0. The first kappa shape index (κ1) is 18.8. The highest BCUT2D eigenvalue weighted by Crippen LogP contribution is 2.24. The molecule has 0 bridgehead atoms. The maximum Gasteiger partial charge on any atom is 0.225 e. The van der Waals surface area contributed by atoms with Gasteiger partial charge in [-0.3, -0.25) is 4.79 Å². The van der Waals surface area contributed by atoms with Crippen LogP contribution in [0.5, 0.6) is 0 Å². The number of benzene rings is 1. The molecule has 0 aliphatic carbocycles. The quantitative estimate of drug-likeness (QED) is 0.730. The molecule has 0 saturated carbocycles. The van der Waals surface area contributed by atoms with Crippen LogP contribution in [0, 0.1) is 5.92 Å². The van der Waals surface area contributed by atoms with E-state index in [2.05, 4.69) is 15.9 Å². The fourth-order valence-electron chi connectivity index (χ4n) is 3.31. The molecule has 2 aliphatic heterocycles. The summed E-state index contributed by atoms with van der Waals surface area (Å²) in [6, 6.07) is 7.32. The van der Waals surface area contributed by atoms with Gasteiger partial charge in [0.1, 0.15) is 0 Å². The maximum atomic E-state index is 12.6. The number of halogens is 1. The normalized spacial score (nSPS) is 20.6. The van der Waals surface area contributed by atoms with Crippen molar-refractivity contribution in [3.05, 3.63) is 34.3 Å². The Balaban J connectivity index is 1.55. The molecule has 25 heavy (non-hydrogen) atoms. The smallest absolute Gasteiger partial charge is 0.225 e. The van der Waals surface area contributed by atoms with Crippen LogP contribution in [0.15, 0.2) is 28.7 Å². The number of ether oxygens (including phenoxy) is 1. The van der Waals surface area contributed by atoms with Crippen molar-refractivity contribution in [2.75, 3.05) is 39.4 Å². The van der Waals surface area contributed by atoms with Crippen molar-refractivity contribution in [2.24, 2.45) is 5.92 Å². The van der Waals surface area contributed by atoms with E-state index >= 15 is 0 Å². The molecule has 1 aromatic rings. The lowest BCUT2D eigenvalue weighted by Gasteiger charge is -2.35. The SMILES string of the molecule is O=C(C1CCN(S(=O)(=O)Cc2ccc(Br)cc2)CC1)N1CCOCC1. The van der Waals surface area contributed by atoms with Crippen LogP contribution in [0.1, 0.15) is 18.4 Å². The molecular formula is C17H23BrN2O4S. The molecule has 8 heteroatoms. The number of hydrogen-bond acceptors (Lipinski definition) is 4. The Labute approximate surface area is 157 Å². The van der Waals surface area contributed by atoms with Gasteiger partial charge in [0.15, 0.2) is 0 Å². The van der Waals surface area contributed by atoms with E-state index in [0.29, 0.717) is 52.2 Å². The maximum absolute atomic E-state index is 12.6. The number of rotatable bonds is 4. The summed E-state index contributed by atoms with van der Waals surface area (Å²) in [5.41, 5.74) is 0.773. The minimum Gasteiger partial charge on any atom is -0.378 e. The van der Waals surface area contributed by atoms with Crippen molar-refractivity contribution >= 4 is 31.9 Å². The fraction of sp³-hybridized carbons (Fsp3) is 0.588. The molecule has 0 spiro atoms. The van der Waals surface area contributed by atoms with Gasteiger partial charge < -0.3 is 9.64 Å². The lowest BCUT2D eigenvalue weighted by atomic mass is 9.96. The van der Waals surface area contributed by atoms with Gasteiger partial charge in [0.2, 0.25) is 15.9 Å². The molecular weight excluding hydrogens is 408 g/mol. The second-order valence-electron chi connectivity index (χ2n) is 6.49. The molecule has 138 valence electrons. The van der Waals surface area contributed by atoms with Gasteiger partial charge in [0, 0.05) is 36.6 Å². The van der Waals surface area contributed by atoms with Gasteiger partial charge in [-0.05, 0) is 30.5 Å². The van der Waals surface area contributed by atoms with E-state index < -0.39 is 10.0 Å². The summed E-state index contributed by atoms with van der Waals surface area (Å²) in [4.78, 5) is 14.4. The number of piperidine rings is 1. The van der Waals surface area contributed by atoms with Crippen LogP contribution in [-0.4, -0.2) is 62.9 Å². The summed E-state index contributed by atoms with van der Waals surface area (Å²) in [5, 5.41) is 0. The van der Waals surface area contributed by atoms with E-state index in [0.717, 1.165) is 10.0 Å². The lowest BCUT2D eigenvalue weighted by Crippen LogP contribution is -2.47. The van der Waals surface area contributed by atoms with E-state index in [1.165, 1.54) is 4.31 Å². The molecule has 1 amide bonds. The van der Waals surface area contributed by atoms with Gasteiger partial charge in [-0.2, -0.15) is 0 Å². The number of carbonyl (C=O) groups excluding carboxylic acids is 1. The minimum atomic E-state index is -3.35. The molecule has 3 rings (SSSR count). The summed E-state index contributed by atoms with van der Waals surface area (Å²) in [5.74, 6) is 0.0769. The highest BCUT2D eigenvalue weighted by Gasteiger charge is 2.33. The van der Waals surface area contributed by atoms with Crippen LogP contribution in [-0.2, 0) is 25.3 Å². The van der Waals surface area contributed by atoms with Gasteiger partial charge >= 0.3 is 0 Å². The molecule has 0 unspecified atom stereocenters. The average molecular weight is 431 g/mol. The zero-order valence-electron chi connectivity index (χ0n) is 14.1. The predicted molar refractivity (Wildman–Crippen MR) is 98.5 cm³/mol. The van der Waals surface area contributed by atoms with E-state index in [1.54, 1.807) is 0 Å². The first-order chi connectivity index (χ1) is 12.0. The first-order valence-electron chi connectivity index (χ1n) is 8.54. The first-order valence-corrected chi connectivity index (χ1v) is 10.9. The Morgan fingerprint density at radius 1 is 1.08 bits per heavy atom. The monoisotopic (exact) mass is 430 g/mol. The zero-order chi connectivity index (χ0) is 17.9. The van der Waals surface area contributed by atoms with Crippen LogP contribution in [0.2, 0.25) is 0 Å². The van der Waals surface area contributed by atoms with Gasteiger partial charge in [0.05, 0.1) is 19.0 Å². The molecule has 0 atom stereocenters. The van der Waals surface area contributed by atoms with Crippen LogP contribution in [0.3, 0.4) is 0 Å². The van der Waals surface area contributed by atoms with Gasteiger partial charge in [-0.25, -0.2) is 12.7 Å². The van der Waals surface area contributed by atoms with Crippen molar-refractivity contribution in [3.63, 3.8) is 0 Å². The summed E-state index contributed by atoms with van der Waals surface area (Å²) in [6.45, 7) is 3.29. The van der Waals surface area contributed by atoms with E-state index in [4.69, 9.17) is 4.74 Å². The predicted octanol–water partition coefficient (Wildman–Crippen LogP) is 1.85. The zero-order valence-corrected chi connectivity index (χ0v) is 16.5. The minimum absolute atomic E-state index is 0.00234. The number of carbonyl (C=O) groups is 1. The lowest BCUT2D eigenvalue weighted by molar-refractivity contribution is -0.140. The molecule has 0 aromatic heterocycles. The highest BCUT2D eigenvalue weighted by molar-refractivity contribution is 9.10. The van der Waals surface area contributed by atoms with Crippen molar-refractivity contribution in [3.8, 4) is 0 Å². The Bertz CT molecular complexity index is 694. The molecule has 2 saturated heterocycles. The highest BCUT2D eigenvalue weighted by atomic mass is 79.9. The summed E-state index contributed by atoms with van der Waals surface area (Å²) < 4.78 is 33.0. The number of morpholine rings is 1. The molecule has 2 heterocycles. The van der Waals surface area contributed by atoms with Crippen molar-refractivity contribution in [1.29, 1.82) is 0 Å². The second kappa shape index (κ2) is 8.16. The number of sulfonamides is 1. The standard InChI is InChI=1S/C17H23BrN2O4S/c18-16-3-1-14(2-4-16)13-25(22,23)20-7-5-15(6-8-20)17(21)19-9-11-24-12-10-19/h1-4,15H,5-13H2. The topological polar surface area (TPSA) is 66.9 Å². The van der Waals surface area contributed by atoms with E-state index in [-0.39, 0.29) is 17.6 Å². The summed E-state index contributed by atoms with van der Waals surface area (Å²) in [7, 11) is -3.35. The van der Waals surface area contributed by atoms with Crippen molar-refractivity contribution in [1.82, 2.24) is 9.21 Å². The van der Waals surface area contributed by atoms with Crippen LogP contribution >= 0.6 is 15.9 Å². The Kier molecular flexibility index (Phi) is 6.14. The largest absolute Gasteiger partial charge is 0.378 e. The Morgan fingerprint density at radius 2 is 1.68 bits per heavy atom. The van der Waals surface area contributed by atoms with Gasteiger partial charge in [-0.1, -0.05) is 28.1 Å². The summed E-state index contributed by atoms with van der Waals surface area (Å²) in [6.07, 6.45) is 1.19. The molecule has 2 fully saturated rings.